The molecule has 0 radical (unpaired) electrons. The maximum absolute atomic E-state index is 13.9. The van der Waals surface area contributed by atoms with E-state index < -0.39 is 23.5 Å². The molecule has 2 rings (SSSR count). The Morgan fingerprint density at radius 3 is 2.43 bits per heavy atom. The highest BCUT2D eigenvalue weighted by Crippen LogP contribution is 2.28. The first-order valence-electron chi connectivity index (χ1n) is 5.97. The molecule has 0 aromatic heterocycles. The third-order valence-corrected chi connectivity index (χ3v) is 3.78. The standard InChI is InChI=1S/C14H11Cl2F3N2/c15-9-6-11(18)8(5-12(9)19)13(21-20)4-7-2-1-3-10(17)14(7)16/h1-3,5-6,13,21H,4,20H2. The third-order valence-electron chi connectivity index (χ3n) is 3.07. The molecule has 0 spiro atoms. The number of nitrogens with one attached hydrogen (secondary N) is 1. The van der Waals surface area contributed by atoms with Crippen LogP contribution in [0, 0.1) is 17.5 Å². The van der Waals surface area contributed by atoms with Crippen molar-refractivity contribution in [2.24, 2.45) is 5.84 Å². The van der Waals surface area contributed by atoms with Crippen molar-refractivity contribution in [1.82, 2.24) is 5.43 Å². The fourth-order valence-corrected chi connectivity index (χ4v) is 2.34. The van der Waals surface area contributed by atoms with E-state index in [2.05, 4.69) is 5.43 Å². The van der Waals surface area contributed by atoms with Gasteiger partial charge in [0.1, 0.15) is 17.5 Å². The van der Waals surface area contributed by atoms with Gasteiger partial charge in [-0.3, -0.25) is 11.3 Å². The van der Waals surface area contributed by atoms with Gasteiger partial charge < -0.3 is 0 Å². The molecule has 3 N–H and O–H groups in total. The van der Waals surface area contributed by atoms with Crippen LogP contribution in [0.2, 0.25) is 10.0 Å². The van der Waals surface area contributed by atoms with E-state index in [4.69, 9.17) is 29.0 Å². The predicted octanol–water partition coefficient (Wildman–Crippen LogP) is 4.16. The molecule has 1 unspecified atom stereocenters. The summed E-state index contributed by atoms with van der Waals surface area (Å²) < 4.78 is 40.8. The molecule has 0 bridgehead atoms. The van der Waals surface area contributed by atoms with Crippen LogP contribution in [0.4, 0.5) is 13.2 Å². The lowest BCUT2D eigenvalue weighted by molar-refractivity contribution is 0.501. The molecule has 0 heterocycles. The number of halogens is 5. The monoisotopic (exact) mass is 334 g/mol. The van der Waals surface area contributed by atoms with Crippen molar-refractivity contribution in [1.29, 1.82) is 0 Å². The quantitative estimate of drug-likeness (QED) is 0.500. The summed E-state index contributed by atoms with van der Waals surface area (Å²) in [6.45, 7) is 0. The first-order valence-corrected chi connectivity index (χ1v) is 6.73. The minimum atomic E-state index is -0.781. The number of benzene rings is 2. The van der Waals surface area contributed by atoms with Crippen LogP contribution < -0.4 is 11.3 Å². The highest BCUT2D eigenvalue weighted by atomic mass is 35.5. The van der Waals surface area contributed by atoms with Crippen LogP contribution in [0.3, 0.4) is 0 Å². The summed E-state index contributed by atoms with van der Waals surface area (Å²) in [5.41, 5.74) is 2.78. The van der Waals surface area contributed by atoms with Crippen LogP contribution in [0.25, 0.3) is 0 Å². The molecule has 0 saturated carbocycles. The highest BCUT2D eigenvalue weighted by Gasteiger charge is 2.19. The van der Waals surface area contributed by atoms with E-state index in [1.54, 1.807) is 6.07 Å². The first kappa shape index (κ1) is 16.1. The molecule has 0 saturated heterocycles. The van der Waals surface area contributed by atoms with Crippen molar-refractivity contribution in [3.63, 3.8) is 0 Å². The SMILES string of the molecule is NNC(Cc1cccc(F)c1Cl)c1cc(F)c(Cl)cc1F. The van der Waals surface area contributed by atoms with Gasteiger partial charge in [-0.1, -0.05) is 35.3 Å². The maximum Gasteiger partial charge on any atom is 0.142 e. The number of hydrogen-bond donors (Lipinski definition) is 2. The van der Waals surface area contributed by atoms with Gasteiger partial charge in [-0.05, 0) is 30.2 Å². The molecule has 1 atom stereocenters. The lowest BCUT2D eigenvalue weighted by atomic mass is 9.98. The van der Waals surface area contributed by atoms with Crippen molar-refractivity contribution >= 4 is 23.2 Å². The van der Waals surface area contributed by atoms with Crippen molar-refractivity contribution in [2.75, 3.05) is 0 Å². The third kappa shape index (κ3) is 3.49. The van der Waals surface area contributed by atoms with Gasteiger partial charge in [0, 0.05) is 5.56 Å². The highest BCUT2D eigenvalue weighted by molar-refractivity contribution is 6.31. The van der Waals surface area contributed by atoms with Crippen molar-refractivity contribution in [2.45, 2.75) is 12.5 Å². The molecule has 2 nitrogen and oxygen atoms in total. The topological polar surface area (TPSA) is 38.0 Å². The summed E-state index contributed by atoms with van der Waals surface area (Å²) in [5.74, 6) is 3.32. The van der Waals surface area contributed by atoms with Gasteiger partial charge in [0.15, 0.2) is 0 Å². The van der Waals surface area contributed by atoms with Crippen molar-refractivity contribution in [3.8, 4) is 0 Å². The Morgan fingerprint density at radius 2 is 1.76 bits per heavy atom. The van der Waals surface area contributed by atoms with Gasteiger partial charge in [-0.2, -0.15) is 0 Å². The Labute approximate surface area is 129 Å². The second kappa shape index (κ2) is 6.66. The number of hydrogen-bond acceptors (Lipinski definition) is 2. The molecule has 7 heteroatoms. The molecule has 21 heavy (non-hydrogen) atoms. The summed E-state index contributed by atoms with van der Waals surface area (Å²) >= 11 is 11.3. The van der Waals surface area contributed by atoms with Gasteiger partial charge in [0.2, 0.25) is 0 Å². The Hall–Kier alpha value is -1.27. The zero-order valence-corrected chi connectivity index (χ0v) is 12.2. The fourth-order valence-electron chi connectivity index (χ4n) is 1.99. The lowest BCUT2D eigenvalue weighted by Crippen LogP contribution is -2.30. The molecule has 2 aromatic carbocycles. The van der Waals surface area contributed by atoms with Crippen molar-refractivity contribution < 1.29 is 13.2 Å². The maximum atomic E-state index is 13.9. The van der Waals surface area contributed by atoms with E-state index in [1.807, 2.05) is 0 Å². The van der Waals surface area contributed by atoms with Gasteiger partial charge in [-0.25, -0.2) is 13.2 Å². The Morgan fingerprint density at radius 1 is 1.05 bits per heavy atom. The van der Waals surface area contributed by atoms with Crippen LogP contribution in [0.5, 0.6) is 0 Å². The summed E-state index contributed by atoms with van der Waals surface area (Å²) in [5, 5.41) is -0.400. The van der Waals surface area contributed by atoms with Crippen LogP contribution in [0.1, 0.15) is 17.2 Å². The molecule has 112 valence electrons. The number of hydrazine groups is 1. The fraction of sp³-hybridized carbons (Fsp3) is 0.143. The summed E-state index contributed by atoms with van der Waals surface area (Å²) in [7, 11) is 0. The van der Waals surface area contributed by atoms with Gasteiger partial charge in [0.25, 0.3) is 0 Å². The van der Waals surface area contributed by atoms with Crippen LogP contribution in [0.15, 0.2) is 30.3 Å². The van der Waals surface area contributed by atoms with E-state index in [9.17, 15) is 13.2 Å². The lowest BCUT2D eigenvalue weighted by Gasteiger charge is -2.18. The second-order valence-corrected chi connectivity index (χ2v) is 5.21. The van der Waals surface area contributed by atoms with Crippen LogP contribution in [-0.4, -0.2) is 0 Å². The Kier molecular flexibility index (Phi) is 5.11. The van der Waals surface area contributed by atoms with Crippen LogP contribution in [-0.2, 0) is 6.42 Å². The summed E-state index contributed by atoms with van der Waals surface area (Å²) in [4.78, 5) is 0. The van der Waals surface area contributed by atoms with Crippen LogP contribution >= 0.6 is 23.2 Å². The minimum absolute atomic E-state index is 0.0141. The van der Waals surface area contributed by atoms with E-state index >= 15 is 0 Å². The van der Waals surface area contributed by atoms with Gasteiger partial charge >= 0.3 is 0 Å². The minimum Gasteiger partial charge on any atom is -0.271 e. The van der Waals surface area contributed by atoms with E-state index in [1.165, 1.54) is 12.1 Å². The molecule has 0 amide bonds. The second-order valence-electron chi connectivity index (χ2n) is 4.42. The number of rotatable bonds is 4. The smallest absolute Gasteiger partial charge is 0.142 e. The molecular formula is C14H11Cl2F3N2. The summed E-state index contributed by atoms with van der Waals surface area (Å²) in [6.07, 6.45) is 0.0884. The largest absolute Gasteiger partial charge is 0.271 e. The first-order chi connectivity index (χ1) is 9.93. The molecular weight excluding hydrogens is 324 g/mol. The van der Waals surface area contributed by atoms with E-state index in [-0.39, 0.29) is 22.0 Å². The molecule has 0 aliphatic heterocycles. The Bertz CT molecular complexity index is 665. The van der Waals surface area contributed by atoms with E-state index in [0.717, 1.165) is 12.1 Å². The zero-order chi connectivity index (χ0) is 15.6. The average molecular weight is 335 g/mol. The normalized spacial score (nSPS) is 12.5. The summed E-state index contributed by atoms with van der Waals surface area (Å²) in [6, 6.07) is 5.30. The molecule has 0 aliphatic carbocycles. The molecule has 0 fully saturated rings. The van der Waals surface area contributed by atoms with Gasteiger partial charge in [0.05, 0.1) is 16.1 Å². The van der Waals surface area contributed by atoms with Gasteiger partial charge in [-0.15, -0.1) is 0 Å². The van der Waals surface area contributed by atoms with E-state index in [0.29, 0.717) is 5.56 Å². The molecule has 2 aromatic rings. The predicted molar refractivity (Wildman–Crippen MR) is 76.5 cm³/mol. The zero-order valence-electron chi connectivity index (χ0n) is 10.6. The van der Waals surface area contributed by atoms with Crippen molar-refractivity contribution in [3.05, 3.63) is 69.0 Å². The number of nitrogens with two attached hydrogens (primary N) is 1. The average Bonchev–Trinajstić information content (AvgIpc) is 2.45. The Balaban J connectivity index is 2.37. The molecule has 0 aliphatic rings.